The third-order valence-corrected chi connectivity index (χ3v) is 3.47. The van der Waals surface area contributed by atoms with E-state index in [2.05, 4.69) is 54.8 Å². The van der Waals surface area contributed by atoms with Gasteiger partial charge in [-0.3, -0.25) is 4.90 Å². The summed E-state index contributed by atoms with van der Waals surface area (Å²) in [6, 6.07) is 1.09. The Morgan fingerprint density at radius 3 is 2.40 bits per heavy atom. The quantitative estimate of drug-likeness (QED) is 0.765. The zero-order valence-electron chi connectivity index (χ0n) is 13.5. The lowest BCUT2D eigenvalue weighted by molar-refractivity contribution is 0.182. The van der Waals surface area contributed by atoms with Crippen LogP contribution in [0.4, 0.5) is 11.6 Å². The number of hydrogen-bond acceptors (Lipinski definition) is 5. The number of anilines is 2. The minimum atomic E-state index is 0.544. The van der Waals surface area contributed by atoms with E-state index in [0.29, 0.717) is 17.9 Å². The first kappa shape index (κ1) is 16.7. The molecule has 0 atom stereocenters. The highest BCUT2D eigenvalue weighted by Gasteiger charge is 2.13. The Morgan fingerprint density at radius 2 is 1.85 bits per heavy atom. The van der Waals surface area contributed by atoms with Gasteiger partial charge in [0.05, 0.1) is 0 Å². The van der Waals surface area contributed by atoms with Crippen LogP contribution in [0.5, 0.6) is 0 Å². The first-order chi connectivity index (χ1) is 9.47. The van der Waals surface area contributed by atoms with Gasteiger partial charge in [-0.2, -0.15) is 0 Å². The number of rotatable bonds is 8. The first-order valence-corrected chi connectivity index (χ1v) is 7.56. The van der Waals surface area contributed by atoms with Gasteiger partial charge in [-0.1, -0.05) is 13.3 Å². The van der Waals surface area contributed by atoms with Crippen molar-refractivity contribution in [2.24, 2.45) is 0 Å². The molecule has 0 radical (unpaired) electrons. The van der Waals surface area contributed by atoms with E-state index in [1.807, 2.05) is 0 Å². The molecule has 0 spiro atoms. The monoisotopic (exact) mass is 279 g/mol. The molecule has 5 nitrogen and oxygen atoms in total. The number of nitrogen functional groups attached to an aromatic ring is 1. The van der Waals surface area contributed by atoms with E-state index >= 15 is 0 Å². The van der Waals surface area contributed by atoms with Gasteiger partial charge < -0.3 is 11.1 Å². The summed E-state index contributed by atoms with van der Waals surface area (Å²) < 4.78 is 0. The maximum atomic E-state index is 5.93. The van der Waals surface area contributed by atoms with E-state index in [1.165, 1.54) is 6.33 Å². The van der Waals surface area contributed by atoms with Crippen LogP contribution in [0.1, 0.15) is 46.6 Å². The fourth-order valence-corrected chi connectivity index (χ4v) is 2.49. The van der Waals surface area contributed by atoms with Crippen LogP contribution in [0.3, 0.4) is 0 Å². The molecule has 0 aliphatic carbocycles. The van der Waals surface area contributed by atoms with E-state index in [1.54, 1.807) is 0 Å². The second-order valence-corrected chi connectivity index (χ2v) is 5.69. The van der Waals surface area contributed by atoms with Gasteiger partial charge in [0.1, 0.15) is 18.0 Å². The van der Waals surface area contributed by atoms with Gasteiger partial charge in [-0.15, -0.1) is 0 Å². The van der Waals surface area contributed by atoms with Crippen molar-refractivity contribution < 1.29 is 0 Å². The summed E-state index contributed by atoms with van der Waals surface area (Å²) in [5, 5.41) is 3.41. The lowest BCUT2D eigenvalue weighted by Crippen LogP contribution is -2.40. The van der Waals surface area contributed by atoms with Crippen LogP contribution in [0.2, 0.25) is 0 Å². The van der Waals surface area contributed by atoms with Crippen molar-refractivity contribution in [2.75, 3.05) is 24.1 Å². The van der Waals surface area contributed by atoms with Gasteiger partial charge in [0.15, 0.2) is 0 Å². The second kappa shape index (κ2) is 8.04. The molecule has 0 unspecified atom stereocenters. The van der Waals surface area contributed by atoms with Crippen LogP contribution in [0, 0.1) is 0 Å². The summed E-state index contributed by atoms with van der Waals surface area (Å²) in [5.74, 6) is 1.47. The molecule has 1 aromatic rings. The van der Waals surface area contributed by atoms with Gasteiger partial charge in [-0.25, -0.2) is 9.97 Å². The van der Waals surface area contributed by atoms with Gasteiger partial charge in [-0.05, 0) is 34.1 Å². The average Bonchev–Trinajstić information content (AvgIpc) is 2.37. The van der Waals surface area contributed by atoms with E-state index < -0.39 is 0 Å². The van der Waals surface area contributed by atoms with E-state index in [9.17, 15) is 0 Å². The number of nitrogens with zero attached hydrogens (tertiary/aromatic N) is 3. The van der Waals surface area contributed by atoms with Crippen LogP contribution in [0.25, 0.3) is 0 Å². The maximum absolute atomic E-state index is 5.93. The minimum absolute atomic E-state index is 0.544. The molecule has 0 aliphatic heterocycles. The second-order valence-electron chi connectivity index (χ2n) is 5.69. The predicted octanol–water partition coefficient (Wildman–Crippen LogP) is 2.54. The predicted molar refractivity (Wildman–Crippen MR) is 85.9 cm³/mol. The Bertz CT molecular complexity index is 395. The molecular weight excluding hydrogens is 250 g/mol. The summed E-state index contributed by atoms with van der Waals surface area (Å²) in [4.78, 5) is 10.9. The highest BCUT2D eigenvalue weighted by Crippen LogP contribution is 2.18. The van der Waals surface area contributed by atoms with Crippen LogP contribution >= 0.6 is 0 Å². The molecule has 20 heavy (non-hydrogen) atoms. The normalized spacial score (nSPS) is 11.6. The molecule has 0 aliphatic rings. The summed E-state index contributed by atoms with van der Waals surface area (Å²) in [5.41, 5.74) is 6.97. The molecule has 0 amide bonds. The van der Waals surface area contributed by atoms with Gasteiger partial charge in [0, 0.05) is 30.7 Å². The maximum Gasteiger partial charge on any atom is 0.134 e. The topological polar surface area (TPSA) is 67.1 Å². The highest BCUT2D eigenvalue weighted by atomic mass is 15.2. The summed E-state index contributed by atoms with van der Waals surface area (Å²) in [7, 11) is 0. The lowest BCUT2D eigenvalue weighted by Gasteiger charge is -2.30. The number of aromatic nitrogens is 2. The van der Waals surface area contributed by atoms with Crippen molar-refractivity contribution >= 4 is 11.6 Å². The summed E-state index contributed by atoms with van der Waals surface area (Å²) in [6.45, 7) is 12.9. The minimum Gasteiger partial charge on any atom is -0.383 e. The van der Waals surface area contributed by atoms with Gasteiger partial charge in [0.25, 0.3) is 0 Å². The molecule has 0 bridgehead atoms. The molecule has 1 rings (SSSR count). The Labute approximate surface area is 123 Å². The average molecular weight is 279 g/mol. The number of nitrogens with one attached hydrogen (secondary N) is 1. The van der Waals surface area contributed by atoms with E-state index in [4.69, 9.17) is 5.73 Å². The van der Waals surface area contributed by atoms with Gasteiger partial charge >= 0.3 is 0 Å². The molecular formula is C15H29N5. The smallest absolute Gasteiger partial charge is 0.134 e. The van der Waals surface area contributed by atoms with E-state index in [-0.39, 0.29) is 0 Å². The Kier molecular flexibility index (Phi) is 6.71. The van der Waals surface area contributed by atoms with Crippen molar-refractivity contribution in [1.29, 1.82) is 0 Å². The lowest BCUT2D eigenvalue weighted by atomic mass is 10.1. The molecule has 1 heterocycles. The van der Waals surface area contributed by atoms with Gasteiger partial charge in [0.2, 0.25) is 0 Å². The summed E-state index contributed by atoms with van der Waals surface area (Å²) >= 11 is 0. The standard InChI is InChI=1S/C15H29N5/c1-6-7-13-14(16)18-10-19-15(13)17-8-9-20(11(2)3)12(4)5/h10-12H,6-9H2,1-5H3,(H3,16,17,18,19). The largest absolute Gasteiger partial charge is 0.383 e. The van der Waals surface area contributed by atoms with Crippen molar-refractivity contribution in [2.45, 2.75) is 59.5 Å². The van der Waals surface area contributed by atoms with Crippen LogP contribution in [-0.2, 0) is 6.42 Å². The first-order valence-electron chi connectivity index (χ1n) is 7.56. The zero-order chi connectivity index (χ0) is 15.1. The molecule has 5 heteroatoms. The van der Waals surface area contributed by atoms with Crippen molar-refractivity contribution in [3.8, 4) is 0 Å². The third-order valence-electron chi connectivity index (χ3n) is 3.47. The molecule has 0 saturated heterocycles. The van der Waals surface area contributed by atoms with Crippen LogP contribution in [-0.4, -0.2) is 40.0 Å². The molecule has 114 valence electrons. The van der Waals surface area contributed by atoms with Crippen LogP contribution < -0.4 is 11.1 Å². The fourth-order valence-electron chi connectivity index (χ4n) is 2.49. The number of nitrogens with two attached hydrogens (primary N) is 1. The Balaban J connectivity index is 2.63. The Morgan fingerprint density at radius 1 is 1.20 bits per heavy atom. The highest BCUT2D eigenvalue weighted by molar-refractivity contribution is 5.54. The number of hydrogen-bond donors (Lipinski definition) is 2. The molecule has 0 aromatic carbocycles. The van der Waals surface area contributed by atoms with E-state index in [0.717, 1.165) is 37.3 Å². The van der Waals surface area contributed by atoms with Crippen molar-refractivity contribution in [3.63, 3.8) is 0 Å². The third kappa shape index (κ3) is 4.63. The van der Waals surface area contributed by atoms with Crippen molar-refractivity contribution in [3.05, 3.63) is 11.9 Å². The SMILES string of the molecule is CCCc1c(N)ncnc1NCCN(C(C)C)C(C)C. The van der Waals surface area contributed by atoms with Crippen molar-refractivity contribution in [1.82, 2.24) is 14.9 Å². The molecule has 0 fully saturated rings. The molecule has 0 saturated carbocycles. The molecule has 3 N–H and O–H groups in total. The fraction of sp³-hybridized carbons (Fsp3) is 0.733. The van der Waals surface area contributed by atoms with Crippen LogP contribution in [0.15, 0.2) is 6.33 Å². The zero-order valence-corrected chi connectivity index (χ0v) is 13.5. The summed E-state index contributed by atoms with van der Waals surface area (Å²) in [6.07, 6.45) is 3.48. The molecule has 1 aromatic heterocycles. The Hall–Kier alpha value is -1.36.